The highest BCUT2D eigenvalue weighted by Crippen LogP contribution is 2.26. The van der Waals surface area contributed by atoms with Crippen LogP contribution in [0, 0.1) is 0 Å². The maximum atomic E-state index is 11.5. The van der Waals surface area contributed by atoms with Crippen LogP contribution in [0.5, 0.6) is 0 Å². The lowest BCUT2D eigenvalue weighted by Crippen LogP contribution is -2.06. The molecule has 0 saturated heterocycles. The second-order valence-corrected chi connectivity index (χ2v) is 7.25. The van der Waals surface area contributed by atoms with Crippen molar-refractivity contribution in [2.24, 2.45) is 0 Å². The van der Waals surface area contributed by atoms with Crippen LogP contribution in [0.15, 0.2) is 53.6 Å². The number of rotatable bonds is 6. The van der Waals surface area contributed by atoms with Crippen LogP contribution in [0.4, 0.5) is 5.69 Å². The van der Waals surface area contributed by atoms with Gasteiger partial charge in [-0.2, -0.15) is 5.10 Å². The number of benzene rings is 1. The number of aromatic nitrogens is 4. The Morgan fingerprint density at radius 2 is 2.19 bits per heavy atom. The van der Waals surface area contributed by atoms with Gasteiger partial charge in [0.1, 0.15) is 0 Å². The van der Waals surface area contributed by atoms with Crippen molar-refractivity contribution >= 4 is 27.2 Å². The zero-order chi connectivity index (χ0) is 18.8. The molecule has 0 saturated carbocycles. The van der Waals surface area contributed by atoms with Crippen LogP contribution in [0.2, 0.25) is 0 Å². The number of pyridine rings is 1. The Balaban J connectivity index is 1.56. The molecule has 4 rings (SSSR count). The third kappa shape index (κ3) is 3.62. The molecule has 7 nitrogen and oxygen atoms in total. The lowest BCUT2D eigenvalue weighted by atomic mass is 9.98. The minimum absolute atomic E-state index is 0.0397. The molecule has 0 amide bonds. The van der Waals surface area contributed by atoms with E-state index in [1.807, 2.05) is 42.6 Å². The Hall–Kier alpha value is -2.97. The number of hydrogen-bond acceptors (Lipinski definition) is 6. The molecular weight excluding hydrogens is 362 g/mol. The standard InChI is InChI=1S/C19H19N5O2S/c1-12(13-2-4-16-17(10-13)27-19(26)22-16)15-6-8-24(23-15)18-5-3-14(11-21-18)20-7-9-25/h2-6,8,10-12,20,25H,7,9H2,1H3,(H,22,26). The van der Waals surface area contributed by atoms with Crippen LogP contribution in [-0.2, 0) is 0 Å². The first-order chi connectivity index (χ1) is 13.1. The Labute approximate surface area is 159 Å². The molecular formula is C19H19N5O2S. The number of nitrogens with one attached hydrogen (secondary N) is 2. The van der Waals surface area contributed by atoms with Crippen molar-refractivity contribution in [2.75, 3.05) is 18.5 Å². The highest BCUT2D eigenvalue weighted by molar-refractivity contribution is 7.16. The maximum absolute atomic E-state index is 11.5. The molecule has 0 aliphatic rings. The molecule has 0 radical (unpaired) electrons. The minimum atomic E-state index is -0.0397. The van der Waals surface area contributed by atoms with Crippen LogP contribution < -0.4 is 10.2 Å². The fourth-order valence-electron chi connectivity index (χ4n) is 2.93. The number of anilines is 1. The molecule has 1 unspecified atom stereocenters. The van der Waals surface area contributed by atoms with E-state index in [1.54, 1.807) is 10.9 Å². The largest absolute Gasteiger partial charge is 0.395 e. The van der Waals surface area contributed by atoms with Gasteiger partial charge in [0.25, 0.3) is 0 Å². The van der Waals surface area contributed by atoms with Gasteiger partial charge in [-0.3, -0.25) is 4.79 Å². The quantitative estimate of drug-likeness (QED) is 0.477. The summed E-state index contributed by atoms with van der Waals surface area (Å²) in [6.45, 7) is 2.66. The number of aliphatic hydroxyl groups excluding tert-OH is 1. The first-order valence-corrected chi connectivity index (χ1v) is 9.45. The van der Waals surface area contributed by atoms with Gasteiger partial charge in [0.2, 0.25) is 0 Å². The zero-order valence-corrected chi connectivity index (χ0v) is 15.5. The van der Waals surface area contributed by atoms with E-state index in [-0.39, 0.29) is 17.4 Å². The number of aliphatic hydroxyl groups is 1. The monoisotopic (exact) mass is 381 g/mol. The Kier molecular flexibility index (Phi) is 4.74. The Morgan fingerprint density at radius 1 is 1.30 bits per heavy atom. The van der Waals surface area contributed by atoms with Gasteiger partial charge in [-0.1, -0.05) is 24.3 Å². The highest BCUT2D eigenvalue weighted by Gasteiger charge is 2.14. The van der Waals surface area contributed by atoms with Crippen LogP contribution in [0.1, 0.15) is 24.1 Å². The molecule has 0 aliphatic carbocycles. The molecule has 3 N–H and O–H groups in total. The maximum Gasteiger partial charge on any atom is 0.305 e. The summed E-state index contributed by atoms with van der Waals surface area (Å²) in [6, 6.07) is 11.8. The number of aromatic amines is 1. The lowest BCUT2D eigenvalue weighted by molar-refractivity contribution is 0.311. The summed E-state index contributed by atoms with van der Waals surface area (Å²) < 4.78 is 2.70. The van der Waals surface area contributed by atoms with E-state index in [4.69, 9.17) is 5.11 Å². The first kappa shape index (κ1) is 17.4. The van der Waals surface area contributed by atoms with E-state index in [0.29, 0.717) is 6.54 Å². The van der Waals surface area contributed by atoms with Crippen LogP contribution >= 0.6 is 11.3 Å². The molecule has 0 aliphatic heterocycles. The lowest BCUT2D eigenvalue weighted by Gasteiger charge is -2.09. The summed E-state index contributed by atoms with van der Waals surface area (Å²) in [4.78, 5) is 18.7. The molecule has 4 aromatic rings. The van der Waals surface area contributed by atoms with Crippen LogP contribution in [-0.4, -0.2) is 38.0 Å². The van der Waals surface area contributed by atoms with Crippen molar-refractivity contribution in [3.63, 3.8) is 0 Å². The van der Waals surface area contributed by atoms with Crippen molar-refractivity contribution in [3.8, 4) is 5.82 Å². The van der Waals surface area contributed by atoms with Crippen molar-refractivity contribution in [1.82, 2.24) is 19.7 Å². The first-order valence-electron chi connectivity index (χ1n) is 8.63. The predicted molar refractivity (Wildman–Crippen MR) is 107 cm³/mol. The molecule has 1 aromatic carbocycles. The van der Waals surface area contributed by atoms with Crippen LogP contribution in [0.3, 0.4) is 0 Å². The van der Waals surface area contributed by atoms with Crippen LogP contribution in [0.25, 0.3) is 16.0 Å². The summed E-state index contributed by atoms with van der Waals surface area (Å²) in [7, 11) is 0. The molecule has 8 heteroatoms. The van der Waals surface area contributed by atoms with Gasteiger partial charge in [-0.05, 0) is 35.9 Å². The number of fused-ring (bicyclic) bond motifs is 1. The number of nitrogens with zero attached hydrogens (tertiary/aromatic N) is 3. The summed E-state index contributed by atoms with van der Waals surface area (Å²) >= 11 is 1.22. The summed E-state index contributed by atoms with van der Waals surface area (Å²) in [5.74, 6) is 0.820. The van der Waals surface area contributed by atoms with E-state index in [9.17, 15) is 4.79 Å². The smallest absolute Gasteiger partial charge is 0.305 e. The fourth-order valence-corrected chi connectivity index (χ4v) is 3.71. The molecule has 0 spiro atoms. The third-order valence-electron chi connectivity index (χ3n) is 4.42. The van der Waals surface area contributed by atoms with Gasteiger partial charge in [-0.15, -0.1) is 0 Å². The third-order valence-corrected chi connectivity index (χ3v) is 5.27. The normalized spacial score (nSPS) is 12.4. The average Bonchev–Trinajstić information content (AvgIpc) is 3.31. The second kappa shape index (κ2) is 7.34. The van der Waals surface area contributed by atoms with Crippen molar-refractivity contribution in [3.05, 3.63) is 69.7 Å². The van der Waals surface area contributed by atoms with Gasteiger partial charge in [0, 0.05) is 18.7 Å². The van der Waals surface area contributed by atoms with E-state index in [0.717, 1.165) is 33.0 Å². The molecule has 3 aromatic heterocycles. The highest BCUT2D eigenvalue weighted by atomic mass is 32.1. The molecule has 138 valence electrons. The van der Waals surface area contributed by atoms with Gasteiger partial charge in [-0.25, -0.2) is 9.67 Å². The summed E-state index contributed by atoms with van der Waals surface area (Å²) in [5, 5.41) is 16.6. The zero-order valence-electron chi connectivity index (χ0n) is 14.7. The molecule has 3 heterocycles. The van der Waals surface area contributed by atoms with Crippen molar-refractivity contribution in [1.29, 1.82) is 0 Å². The number of hydrogen-bond donors (Lipinski definition) is 3. The molecule has 0 fully saturated rings. The SMILES string of the molecule is CC(c1ccc2[nH]c(=O)sc2c1)c1ccn(-c2ccc(NCCO)cn2)n1. The summed E-state index contributed by atoms with van der Waals surface area (Å²) in [5.41, 5.74) is 3.76. The Bertz CT molecular complexity index is 1110. The Morgan fingerprint density at radius 3 is 2.96 bits per heavy atom. The van der Waals surface area contributed by atoms with E-state index < -0.39 is 0 Å². The number of H-pyrrole nitrogens is 1. The van der Waals surface area contributed by atoms with Gasteiger partial charge < -0.3 is 15.4 Å². The van der Waals surface area contributed by atoms with Crippen molar-refractivity contribution in [2.45, 2.75) is 12.8 Å². The fraction of sp³-hybridized carbons (Fsp3) is 0.211. The second-order valence-electron chi connectivity index (χ2n) is 6.23. The average molecular weight is 381 g/mol. The molecule has 1 atom stereocenters. The minimum Gasteiger partial charge on any atom is -0.395 e. The van der Waals surface area contributed by atoms with Gasteiger partial charge >= 0.3 is 4.87 Å². The topological polar surface area (TPSA) is 95.8 Å². The molecule has 0 bridgehead atoms. The molecule has 27 heavy (non-hydrogen) atoms. The van der Waals surface area contributed by atoms with E-state index in [1.165, 1.54) is 11.3 Å². The van der Waals surface area contributed by atoms with E-state index in [2.05, 4.69) is 27.3 Å². The summed E-state index contributed by atoms with van der Waals surface area (Å²) in [6.07, 6.45) is 3.61. The van der Waals surface area contributed by atoms with Gasteiger partial charge in [0.05, 0.1) is 34.4 Å². The van der Waals surface area contributed by atoms with E-state index >= 15 is 0 Å². The van der Waals surface area contributed by atoms with Crippen molar-refractivity contribution < 1.29 is 5.11 Å². The van der Waals surface area contributed by atoms with Gasteiger partial charge in [0.15, 0.2) is 5.82 Å². The number of thiazole rings is 1. The predicted octanol–water partition coefficient (Wildman–Crippen LogP) is 2.73.